The Hall–Kier alpha value is -4.82. The molecule has 2 fully saturated rings. The number of halogens is 1. The topological polar surface area (TPSA) is 126 Å². The van der Waals surface area contributed by atoms with E-state index < -0.39 is 5.82 Å². The van der Waals surface area contributed by atoms with Crippen LogP contribution in [0, 0.1) is 22.6 Å². The van der Waals surface area contributed by atoms with Gasteiger partial charge in [-0.3, -0.25) is 4.79 Å². The molecule has 1 amide bonds. The number of hydrogen-bond acceptors (Lipinski definition) is 8. The van der Waals surface area contributed by atoms with Gasteiger partial charge in [-0.25, -0.2) is 19.0 Å². The van der Waals surface area contributed by atoms with Gasteiger partial charge in [0.2, 0.25) is 0 Å². The molecule has 1 saturated heterocycles. The van der Waals surface area contributed by atoms with Crippen molar-refractivity contribution in [2.24, 2.45) is 5.41 Å². The molecular formula is C34H37FN8O2. The predicted molar refractivity (Wildman–Crippen MR) is 170 cm³/mol. The highest BCUT2D eigenvalue weighted by Crippen LogP contribution is 2.41. The van der Waals surface area contributed by atoms with Crippen LogP contribution in [0.1, 0.15) is 44.6 Å². The summed E-state index contributed by atoms with van der Waals surface area (Å²) in [6.07, 6.45) is 8.84. The lowest BCUT2D eigenvalue weighted by atomic mass is 9.83. The summed E-state index contributed by atoms with van der Waals surface area (Å²) in [4.78, 5) is 26.3. The number of ether oxygens (including phenoxy) is 1. The van der Waals surface area contributed by atoms with Crippen LogP contribution in [-0.2, 0) is 4.79 Å². The van der Waals surface area contributed by atoms with Gasteiger partial charge in [0.25, 0.3) is 5.91 Å². The zero-order valence-electron chi connectivity index (χ0n) is 25.6. The van der Waals surface area contributed by atoms with E-state index in [0.29, 0.717) is 41.3 Å². The van der Waals surface area contributed by atoms with Crippen molar-refractivity contribution in [1.82, 2.24) is 29.5 Å². The third kappa shape index (κ3) is 6.24. The van der Waals surface area contributed by atoms with Crippen LogP contribution in [0.3, 0.4) is 0 Å². The highest BCUT2D eigenvalue weighted by atomic mass is 19.1. The smallest absolute Gasteiger partial charge is 0.264 e. The Labute approximate surface area is 261 Å². The summed E-state index contributed by atoms with van der Waals surface area (Å²) < 4.78 is 23.2. The molecule has 2 aliphatic rings. The number of aromatic nitrogens is 4. The second-order valence-electron chi connectivity index (χ2n) is 12.3. The molecule has 2 aromatic carbocycles. The third-order valence-electron chi connectivity index (χ3n) is 8.75. The number of amides is 1. The van der Waals surface area contributed by atoms with Crippen molar-refractivity contribution < 1.29 is 13.9 Å². The van der Waals surface area contributed by atoms with E-state index in [2.05, 4.69) is 20.9 Å². The molecule has 0 radical (unpaired) electrons. The molecule has 10 nitrogen and oxygen atoms in total. The minimum absolute atomic E-state index is 0.174. The molecule has 3 heterocycles. The number of carbonyl (C=O) groups is 1. The molecule has 1 aliphatic heterocycles. The first-order chi connectivity index (χ1) is 21.8. The van der Waals surface area contributed by atoms with E-state index in [4.69, 9.17) is 15.6 Å². The number of nitrogen functional groups attached to an aromatic ring is 1. The fourth-order valence-corrected chi connectivity index (χ4v) is 6.83. The lowest BCUT2D eigenvalue weighted by molar-refractivity contribution is -0.128. The van der Waals surface area contributed by atoms with E-state index in [1.54, 1.807) is 33.8 Å². The van der Waals surface area contributed by atoms with Crippen molar-refractivity contribution >= 4 is 22.8 Å². The summed E-state index contributed by atoms with van der Waals surface area (Å²) in [5.74, 6) is 0.340. The normalized spacial score (nSPS) is 18.3. The van der Waals surface area contributed by atoms with Crippen LogP contribution in [0.25, 0.3) is 22.3 Å². The molecule has 1 aliphatic carbocycles. The number of nitrogens with zero attached hydrogens (tertiary/aromatic N) is 7. The number of rotatable bonds is 8. The third-order valence-corrected chi connectivity index (χ3v) is 8.75. The molecule has 0 spiro atoms. The van der Waals surface area contributed by atoms with Crippen molar-refractivity contribution in [3.8, 4) is 28.8 Å². The van der Waals surface area contributed by atoms with Gasteiger partial charge in [-0.15, -0.1) is 0 Å². The van der Waals surface area contributed by atoms with Gasteiger partial charge in [-0.1, -0.05) is 37.1 Å². The summed E-state index contributed by atoms with van der Waals surface area (Å²) in [6.45, 7) is 1.67. The van der Waals surface area contributed by atoms with E-state index >= 15 is 4.39 Å². The average Bonchev–Trinajstić information content (AvgIpc) is 3.65. The number of likely N-dealkylation sites (tertiary alicyclic amines) is 1. The molecule has 6 rings (SSSR count). The van der Waals surface area contributed by atoms with Crippen LogP contribution in [0.2, 0.25) is 0 Å². The molecule has 2 N–H and O–H groups in total. The van der Waals surface area contributed by atoms with Crippen molar-refractivity contribution in [2.75, 3.05) is 39.5 Å². The van der Waals surface area contributed by atoms with Crippen LogP contribution in [0.4, 0.5) is 10.2 Å². The molecule has 1 unspecified atom stereocenters. The van der Waals surface area contributed by atoms with Gasteiger partial charge in [0.05, 0.1) is 11.4 Å². The van der Waals surface area contributed by atoms with E-state index in [1.807, 2.05) is 38.4 Å². The second-order valence-corrected chi connectivity index (χ2v) is 12.3. The number of fused-ring (bicyclic) bond motifs is 1. The van der Waals surface area contributed by atoms with Gasteiger partial charge >= 0.3 is 0 Å². The van der Waals surface area contributed by atoms with Crippen molar-refractivity contribution in [1.29, 1.82) is 5.26 Å². The monoisotopic (exact) mass is 608 g/mol. The Balaban J connectivity index is 1.30. The maximum absolute atomic E-state index is 15.6. The van der Waals surface area contributed by atoms with Crippen molar-refractivity contribution in [2.45, 2.75) is 44.6 Å². The first-order valence-corrected chi connectivity index (χ1v) is 15.4. The fraction of sp³-hybridized carbons (Fsp3) is 0.382. The molecule has 2 aromatic heterocycles. The summed E-state index contributed by atoms with van der Waals surface area (Å²) in [5, 5.41) is 15.4. The Bertz CT molecular complexity index is 1770. The SMILES string of the molecule is CN(C)CC1(C=C(C#N)C(=O)N2CCCC(n3nc(-c4ccc(Oc5ccccc5)cc4F)c4c(N)ncnc43)C2)CCCC1. The van der Waals surface area contributed by atoms with Gasteiger partial charge in [-0.05, 0) is 64.0 Å². The van der Waals surface area contributed by atoms with Gasteiger partial charge in [0.15, 0.2) is 5.65 Å². The molecule has 45 heavy (non-hydrogen) atoms. The van der Waals surface area contributed by atoms with Crippen LogP contribution >= 0.6 is 0 Å². The van der Waals surface area contributed by atoms with Crippen molar-refractivity contribution in [3.05, 3.63) is 72.3 Å². The van der Waals surface area contributed by atoms with Crippen LogP contribution in [-0.4, -0.2) is 69.2 Å². The largest absolute Gasteiger partial charge is 0.457 e. The maximum atomic E-state index is 15.6. The molecule has 1 saturated carbocycles. The molecule has 1 atom stereocenters. The Morgan fingerprint density at radius 3 is 2.64 bits per heavy atom. The second kappa shape index (κ2) is 12.7. The Morgan fingerprint density at radius 2 is 1.93 bits per heavy atom. The number of hydrogen-bond donors (Lipinski definition) is 1. The maximum Gasteiger partial charge on any atom is 0.264 e. The molecule has 4 aromatic rings. The number of piperidine rings is 1. The highest BCUT2D eigenvalue weighted by Gasteiger charge is 2.36. The lowest BCUT2D eigenvalue weighted by Crippen LogP contribution is -2.42. The van der Waals surface area contributed by atoms with Crippen molar-refractivity contribution in [3.63, 3.8) is 0 Å². The number of benzene rings is 2. The predicted octanol–water partition coefficient (Wildman–Crippen LogP) is 5.74. The van der Waals surface area contributed by atoms with Crippen LogP contribution in [0.5, 0.6) is 11.5 Å². The first-order valence-electron chi connectivity index (χ1n) is 15.4. The number of nitriles is 1. The Kier molecular flexibility index (Phi) is 8.50. The molecule has 0 bridgehead atoms. The first kappa shape index (κ1) is 30.2. The fourth-order valence-electron chi connectivity index (χ4n) is 6.83. The minimum Gasteiger partial charge on any atom is -0.457 e. The summed E-state index contributed by atoms with van der Waals surface area (Å²) in [6, 6.07) is 15.7. The van der Waals surface area contributed by atoms with Crippen LogP contribution in [0.15, 0.2) is 66.5 Å². The number of nitrogens with two attached hydrogens (primary N) is 1. The molecular weight excluding hydrogens is 571 g/mol. The van der Waals surface area contributed by atoms with E-state index in [0.717, 1.165) is 45.1 Å². The zero-order chi connectivity index (χ0) is 31.6. The van der Waals surface area contributed by atoms with Gasteiger partial charge < -0.3 is 20.3 Å². The van der Waals surface area contributed by atoms with Crippen LogP contribution < -0.4 is 10.5 Å². The Morgan fingerprint density at radius 1 is 1.16 bits per heavy atom. The van der Waals surface area contributed by atoms with Gasteiger partial charge in [-0.2, -0.15) is 10.4 Å². The number of carbonyl (C=O) groups excluding carboxylic acids is 1. The summed E-state index contributed by atoms with van der Waals surface area (Å²) in [5.41, 5.74) is 7.35. The highest BCUT2D eigenvalue weighted by molar-refractivity contribution is 5.99. The average molecular weight is 609 g/mol. The minimum atomic E-state index is -0.527. The number of para-hydroxylation sites is 1. The van der Waals surface area contributed by atoms with E-state index in [1.165, 1.54) is 12.4 Å². The molecule has 232 valence electrons. The number of anilines is 1. The summed E-state index contributed by atoms with van der Waals surface area (Å²) >= 11 is 0. The standard InChI is InChI=1S/C34H37FN8O2/c1-41(2)21-34(14-6-7-15-34)18-23(19-36)33(44)42-16-8-9-24(20-42)43-32-29(31(37)38-22-39-32)30(40-43)27-13-12-26(17-28(27)35)45-25-10-4-3-5-11-25/h3-5,10-13,17-18,22,24H,6-9,14-16,20-21H2,1-2H3,(H2,37,38,39). The quantitative estimate of drug-likeness (QED) is 0.198. The summed E-state index contributed by atoms with van der Waals surface area (Å²) in [7, 11) is 4.05. The molecule has 11 heteroatoms. The van der Waals surface area contributed by atoms with E-state index in [9.17, 15) is 10.1 Å². The lowest BCUT2D eigenvalue weighted by Gasteiger charge is -2.34. The van der Waals surface area contributed by atoms with Gasteiger partial charge in [0.1, 0.15) is 46.8 Å². The van der Waals surface area contributed by atoms with Gasteiger partial charge in [0, 0.05) is 36.7 Å². The zero-order valence-corrected chi connectivity index (χ0v) is 25.6. The van der Waals surface area contributed by atoms with E-state index in [-0.39, 0.29) is 34.3 Å².